The van der Waals surface area contributed by atoms with Crippen molar-refractivity contribution >= 4 is 20.0 Å². The van der Waals surface area contributed by atoms with Crippen molar-refractivity contribution in [3.8, 4) is 5.75 Å². The fourth-order valence-electron chi connectivity index (χ4n) is 2.71. The van der Waals surface area contributed by atoms with Crippen LogP contribution in [0.5, 0.6) is 5.75 Å². The maximum Gasteiger partial charge on any atom is 0.244 e. The normalized spacial score (nSPS) is 17.6. The summed E-state index contributed by atoms with van der Waals surface area (Å²) in [6, 6.07) is 4.52. The van der Waals surface area contributed by atoms with Crippen molar-refractivity contribution in [1.29, 1.82) is 0 Å². The van der Waals surface area contributed by atoms with Crippen LogP contribution in [0.25, 0.3) is 0 Å². The third kappa shape index (κ3) is 5.14. The molecule has 25 heavy (non-hydrogen) atoms. The van der Waals surface area contributed by atoms with Crippen LogP contribution in [0.2, 0.25) is 0 Å². The third-order valence-electron chi connectivity index (χ3n) is 4.27. The SMILES string of the molecule is CNS(=O)(=O)c1cc(CO)ccc1OCC1CCN(S(C)(=O)=O)CC1. The monoisotopic (exact) mass is 392 g/mol. The molecule has 1 saturated heterocycles. The smallest absolute Gasteiger partial charge is 0.244 e. The van der Waals surface area contributed by atoms with Crippen molar-refractivity contribution in [2.75, 3.05) is 33.0 Å². The van der Waals surface area contributed by atoms with E-state index in [0.29, 0.717) is 38.1 Å². The van der Waals surface area contributed by atoms with Gasteiger partial charge in [0.25, 0.3) is 0 Å². The van der Waals surface area contributed by atoms with Gasteiger partial charge in [0, 0.05) is 13.1 Å². The van der Waals surface area contributed by atoms with Crippen molar-refractivity contribution in [2.24, 2.45) is 5.92 Å². The van der Waals surface area contributed by atoms with Crippen molar-refractivity contribution in [1.82, 2.24) is 9.03 Å². The summed E-state index contributed by atoms with van der Waals surface area (Å²) in [5, 5.41) is 9.21. The number of rotatable bonds is 7. The number of ether oxygens (including phenoxy) is 1. The van der Waals surface area contributed by atoms with E-state index in [1.807, 2.05) is 0 Å². The van der Waals surface area contributed by atoms with Gasteiger partial charge in [0.15, 0.2) is 0 Å². The molecule has 1 fully saturated rings. The van der Waals surface area contributed by atoms with Gasteiger partial charge in [-0.25, -0.2) is 25.9 Å². The first-order valence-electron chi connectivity index (χ1n) is 7.92. The lowest BCUT2D eigenvalue weighted by Gasteiger charge is -2.30. The molecule has 1 aromatic rings. The Bertz CT molecular complexity index is 799. The molecule has 0 spiro atoms. The molecule has 10 heteroatoms. The number of nitrogens with one attached hydrogen (secondary N) is 1. The van der Waals surface area contributed by atoms with Crippen molar-refractivity contribution in [3.63, 3.8) is 0 Å². The molecule has 0 radical (unpaired) electrons. The molecule has 0 aromatic heterocycles. The number of benzene rings is 1. The molecule has 1 aliphatic heterocycles. The lowest BCUT2D eigenvalue weighted by molar-refractivity contribution is 0.182. The molecule has 0 amide bonds. The minimum absolute atomic E-state index is 0.0184. The Kier molecular flexibility index (Phi) is 6.44. The fraction of sp³-hybridized carbons (Fsp3) is 0.600. The Labute approximate surface area is 148 Å². The highest BCUT2D eigenvalue weighted by atomic mass is 32.2. The van der Waals surface area contributed by atoms with E-state index in [4.69, 9.17) is 4.74 Å². The van der Waals surface area contributed by atoms with E-state index in [2.05, 4.69) is 4.72 Å². The topological polar surface area (TPSA) is 113 Å². The summed E-state index contributed by atoms with van der Waals surface area (Å²) in [6.45, 7) is 0.925. The number of aliphatic hydroxyl groups excluding tert-OH is 1. The van der Waals surface area contributed by atoms with Crippen LogP contribution in [0.3, 0.4) is 0 Å². The lowest BCUT2D eigenvalue weighted by Crippen LogP contribution is -2.39. The number of sulfonamides is 2. The van der Waals surface area contributed by atoms with Gasteiger partial charge < -0.3 is 9.84 Å². The largest absolute Gasteiger partial charge is 0.492 e. The fourth-order valence-corrected chi connectivity index (χ4v) is 4.50. The van der Waals surface area contributed by atoms with Crippen LogP contribution in [0, 0.1) is 5.92 Å². The van der Waals surface area contributed by atoms with Crippen molar-refractivity contribution < 1.29 is 26.7 Å². The molecule has 0 saturated carbocycles. The van der Waals surface area contributed by atoms with E-state index in [9.17, 15) is 21.9 Å². The van der Waals surface area contributed by atoms with E-state index in [-0.39, 0.29) is 23.2 Å². The molecular formula is C15H24N2O6S2. The second-order valence-electron chi connectivity index (χ2n) is 6.06. The standard InChI is InChI=1S/C15H24N2O6S2/c1-16-25(21,22)15-9-13(10-18)3-4-14(15)23-11-12-5-7-17(8-6-12)24(2,19)20/h3-4,9,12,16,18H,5-8,10-11H2,1-2H3. The quantitative estimate of drug-likeness (QED) is 0.682. The summed E-state index contributed by atoms with van der Waals surface area (Å²) in [5.41, 5.74) is 0.475. The second-order valence-corrected chi connectivity index (χ2v) is 9.90. The van der Waals surface area contributed by atoms with Crippen LogP contribution in [0.1, 0.15) is 18.4 Å². The van der Waals surface area contributed by atoms with E-state index >= 15 is 0 Å². The van der Waals surface area contributed by atoms with Gasteiger partial charge in [0.05, 0.1) is 19.5 Å². The lowest BCUT2D eigenvalue weighted by atomic mass is 9.99. The molecule has 142 valence electrons. The number of hydrogen-bond donors (Lipinski definition) is 2. The van der Waals surface area contributed by atoms with Crippen molar-refractivity contribution in [2.45, 2.75) is 24.3 Å². The predicted molar refractivity (Wildman–Crippen MR) is 93.2 cm³/mol. The Balaban J connectivity index is 2.07. The summed E-state index contributed by atoms with van der Waals surface area (Å²) in [6.07, 6.45) is 2.52. The molecule has 0 aliphatic carbocycles. The van der Waals surface area contributed by atoms with Gasteiger partial charge in [0.1, 0.15) is 10.6 Å². The van der Waals surface area contributed by atoms with Crippen LogP contribution in [0.4, 0.5) is 0 Å². The highest BCUT2D eigenvalue weighted by Gasteiger charge is 2.26. The zero-order chi connectivity index (χ0) is 18.7. The Morgan fingerprint density at radius 1 is 1.24 bits per heavy atom. The van der Waals surface area contributed by atoms with E-state index in [1.54, 1.807) is 6.07 Å². The van der Waals surface area contributed by atoms with E-state index in [1.165, 1.54) is 29.7 Å². The highest BCUT2D eigenvalue weighted by molar-refractivity contribution is 7.89. The van der Waals surface area contributed by atoms with Crippen molar-refractivity contribution in [3.05, 3.63) is 23.8 Å². The molecule has 2 rings (SSSR count). The highest BCUT2D eigenvalue weighted by Crippen LogP contribution is 2.27. The molecular weight excluding hydrogens is 368 g/mol. The first-order valence-corrected chi connectivity index (χ1v) is 11.3. The Morgan fingerprint density at radius 2 is 1.88 bits per heavy atom. The summed E-state index contributed by atoms with van der Waals surface area (Å²) in [7, 11) is -5.58. The first-order chi connectivity index (χ1) is 11.7. The molecule has 0 atom stereocenters. The molecule has 2 N–H and O–H groups in total. The zero-order valence-corrected chi connectivity index (χ0v) is 15.9. The second kappa shape index (κ2) is 8.00. The van der Waals surface area contributed by atoms with Crippen LogP contribution < -0.4 is 9.46 Å². The number of aliphatic hydroxyl groups is 1. The Morgan fingerprint density at radius 3 is 2.40 bits per heavy atom. The van der Waals surface area contributed by atoms with Crippen LogP contribution in [-0.2, 0) is 26.7 Å². The van der Waals surface area contributed by atoms with Crippen LogP contribution >= 0.6 is 0 Å². The summed E-state index contributed by atoms with van der Waals surface area (Å²) < 4.78 is 56.7. The average Bonchev–Trinajstić information content (AvgIpc) is 2.59. The van der Waals surface area contributed by atoms with Gasteiger partial charge in [-0.1, -0.05) is 6.07 Å². The molecule has 0 bridgehead atoms. The molecule has 1 aromatic carbocycles. The average molecular weight is 392 g/mol. The molecule has 1 heterocycles. The summed E-state index contributed by atoms with van der Waals surface area (Å²) in [4.78, 5) is -0.0184. The first kappa shape index (κ1) is 20.1. The Hall–Kier alpha value is -1.20. The minimum Gasteiger partial charge on any atom is -0.492 e. The van der Waals surface area contributed by atoms with Gasteiger partial charge in [-0.2, -0.15) is 0 Å². The maximum absolute atomic E-state index is 12.1. The molecule has 8 nitrogen and oxygen atoms in total. The number of piperidine rings is 1. The van der Waals surface area contributed by atoms with Gasteiger partial charge in [-0.05, 0) is 43.5 Å². The van der Waals surface area contributed by atoms with Crippen LogP contribution in [-0.4, -0.2) is 59.2 Å². The van der Waals surface area contributed by atoms with Gasteiger partial charge in [-0.15, -0.1) is 0 Å². The van der Waals surface area contributed by atoms with Gasteiger partial charge in [-0.3, -0.25) is 0 Å². The van der Waals surface area contributed by atoms with E-state index in [0.717, 1.165) is 0 Å². The zero-order valence-electron chi connectivity index (χ0n) is 14.3. The summed E-state index contributed by atoms with van der Waals surface area (Å²) >= 11 is 0. The number of hydrogen-bond acceptors (Lipinski definition) is 6. The predicted octanol–water partition coefficient (Wildman–Crippen LogP) is 0.137. The van der Waals surface area contributed by atoms with Crippen LogP contribution in [0.15, 0.2) is 23.1 Å². The minimum atomic E-state index is -3.72. The third-order valence-corrected chi connectivity index (χ3v) is 7.00. The van der Waals surface area contributed by atoms with E-state index < -0.39 is 20.0 Å². The number of nitrogens with zero attached hydrogens (tertiary/aromatic N) is 1. The van der Waals surface area contributed by atoms with Gasteiger partial charge >= 0.3 is 0 Å². The molecule has 0 unspecified atom stereocenters. The maximum atomic E-state index is 12.1. The summed E-state index contributed by atoms with van der Waals surface area (Å²) in [5.74, 6) is 0.373. The molecule has 1 aliphatic rings. The van der Waals surface area contributed by atoms with Gasteiger partial charge in [0.2, 0.25) is 20.0 Å².